The molecular weight excluding hydrogens is 401 g/mol. The SMILES string of the molecule is NC(=O)C1CN([C@@H](c2ccc(OC(F)F)cc2)c2ccc(F)c(Cl)c2)C(=O)O1. The van der Waals surface area contributed by atoms with E-state index in [2.05, 4.69) is 4.74 Å². The average molecular weight is 415 g/mol. The van der Waals surface area contributed by atoms with Gasteiger partial charge in [-0.1, -0.05) is 29.8 Å². The van der Waals surface area contributed by atoms with Crippen LogP contribution in [-0.2, 0) is 9.53 Å². The number of halogens is 4. The van der Waals surface area contributed by atoms with Crippen LogP contribution >= 0.6 is 11.6 Å². The second-order valence-corrected chi connectivity index (χ2v) is 6.36. The summed E-state index contributed by atoms with van der Waals surface area (Å²) in [6.45, 7) is -3.12. The van der Waals surface area contributed by atoms with E-state index in [1.165, 1.54) is 41.3 Å². The van der Waals surface area contributed by atoms with Crippen molar-refractivity contribution < 1.29 is 32.2 Å². The molecule has 2 aromatic rings. The summed E-state index contributed by atoms with van der Waals surface area (Å²) >= 11 is 5.86. The number of carbonyl (C=O) groups excluding carboxylic acids is 2. The molecule has 2 aromatic carbocycles. The highest BCUT2D eigenvalue weighted by atomic mass is 35.5. The van der Waals surface area contributed by atoms with Crippen molar-refractivity contribution in [2.45, 2.75) is 18.8 Å². The number of hydrogen-bond acceptors (Lipinski definition) is 4. The van der Waals surface area contributed by atoms with Gasteiger partial charge < -0.3 is 15.2 Å². The Balaban J connectivity index is 2.00. The Morgan fingerprint density at radius 2 is 1.86 bits per heavy atom. The monoisotopic (exact) mass is 414 g/mol. The van der Waals surface area contributed by atoms with Crippen LogP contribution in [0.1, 0.15) is 17.2 Å². The summed E-state index contributed by atoms with van der Waals surface area (Å²) in [5, 5.41) is -0.167. The Morgan fingerprint density at radius 3 is 2.39 bits per heavy atom. The summed E-state index contributed by atoms with van der Waals surface area (Å²) in [6.07, 6.45) is -1.95. The molecule has 0 radical (unpaired) electrons. The van der Waals surface area contributed by atoms with Crippen molar-refractivity contribution in [2.75, 3.05) is 6.54 Å². The van der Waals surface area contributed by atoms with Gasteiger partial charge >= 0.3 is 12.7 Å². The normalized spacial score (nSPS) is 17.5. The van der Waals surface area contributed by atoms with Crippen LogP contribution in [-0.4, -0.2) is 36.2 Å². The van der Waals surface area contributed by atoms with Crippen molar-refractivity contribution in [3.63, 3.8) is 0 Å². The summed E-state index contributed by atoms with van der Waals surface area (Å²) in [5.74, 6) is -1.54. The van der Waals surface area contributed by atoms with Crippen LogP contribution in [0.5, 0.6) is 5.75 Å². The van der Waals surface area contributed by atoms with Gasteiger partial charge in [-0.2, -0.15) is 8.78 Å². The van der Waals surface area contributed by atoms with E-state index in [0.29, 0.717) is 11.1 Å². The number of primary amides is 1. The van der Waals surface area contributed by atoms with E-state index in [4.69, 9.17) is 22.1 Å². The maximum Gasteiger partial charge on any atom is 0.411 e. The lowest BCUT2D eigenvalue weighted by Gasteiger charge is -2.27. The minimum Gasteiger partial charge on any atom is -0.435 e. The van der Waals surface area contributed by atoms with Crippen molar-refractivity contribution >= 4 is 23.6 Å². The number of amides is 2. The van der Waals surface area contributed by atoms with Crippen LogP contribution in [0.4, 0.5) is 18.0 Å². The van der Waals surface area contributed by atoms with Crippen molar-refractivity contribution in [3.8, 4) is 5.75 Å². The van der Waals surface area contributed by atoms with Crippen molar-refractivity contribution in [1.29, 1.82) is 0 Å². The van der Waals surface area contributed by atoms with E-state index in [-0.39, 0.29) is 17.3 Å². The number of rotatable bonds is 6. The van der Waals surface area contributed by atoms with Gasteiger partial charge in [0.25, 0.3) is 5.91 Å². The molecule has 3 rings (SSSR count). The van der Waals surface area contributed by atoms with E-state index in [1.54, 1.807) is 0 Å². The molecule has 0 aliphatic carbocycles. The highest BCUT2D eigenvalue weighted by molar-refractivity contribution is 6.30. The maximum absolute atomic E-state index is 13.6. The van der Waals surface area contributed by atoms with E-state index in [1.807, 2.05) is 0 Å². The number of ether oxygens (including phenoxy) is 2. The number of carbonyl (C=O) groups is 2. The minimum absolute atomic E-state index is 0.0753. The van der Waals surface area contributed by atoms with Crippen LogP contribution in [0.3, 0.4) is 0 Å². The quantitative estimate of drug-likeness (QED) is 0.784. The fourth-order valence-corrected chi connectivity index (χ4v) is 3.09. The number of hydrogen-bond donors (Lipinski definition) is 1. The Labute approximate surface area is 162 Å². The van der Waals surface area contributed by atoms with E-state index in [9.17, 15) is 22.8 Å². The Bertz CT molecular complexity index is 895. The van der Waals surface area contributed by atoms with Crippen LogP contribution in [0.15, 0.2) is 42.5 Å². The molecule has 2 amide bonds. The summed E-state index contributed by atoms with van der Waals surface area (Å²) in [6, 6.07) is 8.58. The van der Waals surface area contributed by atoms with Gasteiger partial charge in [0.05, 0.1) is 17.6 Å². The molecule has 148 valence electrons. The Morgan fingerprint density at radius 1 is 1.21 bits per heavy atom. The Hall–Kier alpha value is -2.94. The topological polar surface area (TPSA) is 81.9 Å². The lowest BCUT2D eigenvalue weighted by Crippen LogP contribution is -2.34. The first-order valence-electron chi connectivity index (χ1n) is 8.02. The summed E-state index contributed by atoms with van der Waals surface area (Å²) in [5.41, 5.74) is 6.11. The van der Waals surface area contributed by atoms with Gasteiger partial charge in [0, 0.05) is 0 Å². The number of alkyl halides is 2. The van der Waals surface area contributed by atoms with Gasteiger partial charge in [0.15, 0.2) is 6.10 Å². The molecule has 0 saturated carbocycles. The number of nitrogens with two attached hydrogens (primary N) is 1. The maximum atomic E-state index is 13.6. The summed E-state index contributed by atoms with van der Waals surface area (Å²) < 4.78 is 47.6. The van der Waals surface area contributed by atoms with Crippen LogP contribution in [0.25, 0.3) is 0 Å². The minimum atomic E-state index is -2.98. The molecular formula is C18H14ClF3N2O4. The van der Waals surface area contributed by atoms with Crippen LogP contribution in [0.2, 0.25) is 5.02 Å². The van der Waals surface area contributed by atoms with Gasteiger partial charge in [-0.3, -0.25) is 9.69 Å². The van der Waals surface area contributed by atoms with Gasteiger partial charge in [-0.05, 0) is 35.4 Å². The highest BCUT2D eigenvalue weighted by Gasteiger charge is 2.40. The largest absolute Gasteiger partial charge is 0.435 e. The highest BCUT2D eigenvalue weighted by Crippen LogP contribution is 2.35. The zero-order valence-corrected chi connectivity index (χ0v) is 14.9. The smallest absolute Gasteiger partial charge is 0.411 e. The molecule has 6 nitrogen and oxygen atoms in total. The molecule has 1 fully saturated rings. The fourth-order valence-electron chi connectivity index (χ4n) is 2.91. The predicted octanol–water partition coefficient (Wildman–Crippen LogP) is 3.48. The van der Waals surface area contributed by atoms with Crippen LogP contribution in [0, 0.1) is 5.82 Å². The zero-order valence-electron chi connectivity index (χ0n) is 14.2. The molecule has 28 heavy (non-hydrogen) atoms. The van der Waals surface area contributed by atoms with Gasteiger partial charge in [0.1, 0.15) is 11.6 Å². The molecule has 1 aliphatic rings. The number of cyclic esters (lactones) is 1. The first kappa shape index (κ1) is 19.8. The summed E-state index contributed by atoms with van der Waals surface area (Å²) in [4.78, 5) is 24.9. The molecule has 2 N–H and O–H groups in total. The first-order valence-corrected chi connectivity index (χ1v) is 8.40. The molecule has 2 atom stereocenters. The molecule has 1 heterocycles. The van der Waals surface area contributed by atoms with Crippen molar-refractivity contribution in [3.05, 3.63) is 64.4 Å². The van der Waals surface area contributed by atoms with Crippen LogP contribution < -0.4 is 10.5 Å². The predicted molar refractivity (Wildman–Crippen MR) is 92.5 cm³/mol. The molecule has 10 heteroatoms. The number of nitrogens with zero attached hydrogens (tertiary/aromatic N) is 1. The average Bonchev–Trinajstić information content (AvgIpc) is 3.01. The molecule has 1 saturated heterocycles. The fraction of sp³-hybridized carbons (Fsp3) is 0.222. The van der Waals surface area contributed by atoms with E-state index >= 15 is 0 Å². The lowest BCUT2D eigenvalue weighted by atomic mass is 9.97. The van der Waals surface area contributed by atoms with Gasteiger partial charge in [-0.15, -0.1) is 0 Å². The van der Waals surface area contributed by atoms with Crippen molar-refractivity contribution in [1.82, 2.24) is 4.90 Å². The standard InChI is InChI=1S/C18H14ClF3N2O4/c19-12-7-10(3-6-13(12)20)15(24-8-14(16(23)25)28-18(24)26)9-1-4-11(5-2-9)27-17(21)22/h1-7,14-15,17H,8H2,(H2,23,25)/t14?,15-/m0/s1. The summed E-state index contributed by atoms with van der Waals surface area (Å²) in [7, 11) is 0. The third kappa shape index (κ3) is 4.14. The Kier molecular flexibility index (Phi) is 5.64. The molecule has 0 bridgehead atoms. The van der Waals surface area contributed by atoms with Gasteiger partial charge in [0.2, 0.25) is 0 Å². The second kappa shape index (κ2) is 7.97. The van der Waals surface area contributed by atoms with Crippen molar-refractivity contribution in [2.24, 2.45) is 5.73 Å². The lowest BCUT2D eigenvalue weighted by molar-refractivity contribution is -0.124. The van der Waals surface area contributed by atoms with E-state index in [0.717, 1.165) is 6.07 Å². The zero-order chi connectivity index (χ0) is 20.4. The van der Waals surface area contributed by atoms with E-state index < -0.39 is 36.6 Å². The molecule has 0 spiro atoms. The van der Waals surface area contributed by atoms with Gasteiger partial charge in [-0.25, -0.2) is 9.18 Å². The number of benzene rings is 2. The third-order valence-electron chi connectivity index (χ3n) is 4.15. The first-order chi connectivity index (χ1) is 13.3. The second-order valence-electron chi connectivity index (χ2n) is 5.95. The molecule has 1 unspecified atom stereocenters. The molecule has 0 aromatic heterocycles. The third-order valence-corrected chi connectivity index (χ3v) is 4.44. The molecule has 1 aliphatic heterocycles.